The van der Waals surface area contributed by atoms with Crippen molar-refractivity contribution in [3.8, 4) is 0 Å². The zero-order chi connectivity index (χ0) is 18.8. The molecule has 1 aliphatic heterocycles. The summed E-state index contributed by atoms with van der Waals surface area (Å²) < 4.78 is 2.06. The van der Waals surface area contributed by atoms with Crippen LogP contribution in [0.1, 0.15) is 33.9 Å². The van der Waals surface area contributed by atoms with Crippen molar-refractivity contribution in [1.82, 2.24) is 24.8 Å². The van der Waals surface area contributed by atoms with E-state index in [0.717, 1.165) is 43.1 Å². The molecule has 1 atom stereocenters. The Labute approximate surface area is 155 Å². The maximum absolute atomic E-state index is 12.3. The third-order valence-corrected chi connectivity index (χ3v) is 4.94. The molecule has 0 radical (unpaired) electrons. The number of carbonyl (C=O) groups is 1. The van der Waals surface area contributed by atoms with Crippen LogP contribution in [0, 0.1) is 13.8 Å². The third kappa shape index (κ3) is 3.88. The highest BCUT2D eigenvalue weighted by atomic mass is 16.2. The Kier molecular flexibility index (Phi) is 5.27. The molecule has 1 amide bonds. The van der Waals surface area contributed by atoms with Gasteiger partial charge in [-0.2, -0.15) is 0 Å². The molecule has 3 heterocycles. The number of aromatic nitrogens is 3. The van der Waals surface area contributed by atoms with Crippen LogP contribution in [-0.2, 0) is 13.6 Å². The van der Waals surface area contributed by atoms with Crippen LogP contribution < -0.4 is 10.2 Å². The molecule has 1 aliphatic rings. The zero-order valence-corrected chi connectivity index (χ0v) is 16.3. The number of hydrogen-bond acceptors (Lipinski definition) is 5. The van der Waals surface area contributed by atoms with Gasteiger partial charge in [-0.15, -0.1) is 0 Å². The number of hydrogen-bond donors (Lipinski definition) is 1. The molecule has 0 unspecified atom stereocenters. The first kappa shape index (κ1) is 18.4. The van der Waals surface area contributed by atoms with E-state index in [4.69, 9.17) is 0 Å². The second-order valence-electron chi connectivity index (χ2n) is 7.28. The molecular formula is C19H28N6O. The summed E-state index contributed by atoms with van der Waals surface area (Å²) in [6, 6.07) is 2.55. The molecule has 7 heteroatoms. The Balaban J connectivity index is 1.70. The van der Waals surface area contributed by atoms with Gasteiger partial charge in [0.05, 0.1) is 0 Å². The first-order valence-electron chi connectivity index (χ1n) is 9.01. The van der Waals surface area contributed by atoms with Crippen LogP contribution >= 0.6 is 0 Å². The number of nitrogens with one attached hydrogen (secondary N) is 1. The quantitative estimate of drug-likeness (QED) is 0.879. The van der Waals surface area contributed by atoms with Gasteiger partial charge in [-0.25, -0.2) is 9.97 Å². The Hall–Kier alpha value is -2.41. The maximum Gasteiger partial charge on any atom is 0.291 e. The normalized spacial score (nSPS) is 17.0. The molecule has 0 saturated carbocycles. The highest BCUT2D eigenvalue weighted by Gasteiger charge is 2.26. The van der Waals surface area contributed by atoms with Gasteiger partial charge in [-0.3, -0.25) is 4.79 Å². The summed E-state index contributed by atoms with van der Waals surface area (Å²) in [5, 5.41) is 3.63. The summed E-state index contributed by atoms with van der Waals surface area (Å²) in [4.78, 5) is 25.0. The number of nitrogens with zero attached hydrogens (tertiary/aromatic N) is 5. The summed E-state index contributed by atoms with van der Waals surface area (Å²) in [6.45, 7) is 6.65. The van der Waals surface area contributed by atoms with E-state index >= 15 is 0 Å². The van der Waals surface area contributed by atoms with Gasteiger partial charge < -0.3 is 19.7 Å². The molecule has 7 nitrogen and oxygen atoms in total. The van der Waals surface area contributed by atoms with E-state index in [9.17, 15) is 4.79 Å². The van der Waals surface area contributed by atoms with E-state index in [0.29, 0.717) is 6.04 Å². The summed E-state index contributed by atoms with van der Waals surface area (Å²) in [7, 11) is 5.48. The number of aryl methyl sites for hydroxylation is 2. The SMILES string of the molecule is Cc1nc(C(=O)N(C)C)nc(N2CC[C@@H](NCc3ccn(C)c3)C2)c1C. The van der Waals surface area contributed by atoms with Gasteiger partial charge in [0.25, 0.3) is 5.91 Å². The van der Waals surface area contributed by atoms with Gasteiger partial charge in [0.15, 0.2) is 0 Å². The minimum Gasteiger partial charge on any atom is -0.357 e. The lowest BCUT2D eigenvalue weighted by Crippen LogP contribution is -2.33. The number of rotatable bonds is 5. The Morgan fingerprint density at radius 3 is 2.77 bits per heavy atom. The number of amides is 1. The molecule has 2 aromatic rings. The largest absolute Gasteiger partial charge is 0.357 e. The van der Waals surface area contributed by atoms with Crippen molar-refractivity contribution in [3.05, 3.63) is 41.1 Å². The molecule has 1 N–H and O–H groups in total. The van der Waals surface area contributed by atoms with Crippen LogP contribution in [0.5, 0.6) is 0 Å². The van der Waals surface area contributed by atoms with E-state index < -0.39 is 0 Å². The molecule has 0 aliphatic carbocycles. The Morgan fingerprint density at radius 2 is 2.12 bits per heavy atom. The molecule has 3 rings (SSSR count). The summed E-state index contributed by atoms with van der Waals surface area (Å²) in [5.74, 6) is 0.993. The van der Waals surface area contributed by atoms with Gasteiger partial charge in [0, 0.05) is 70.5 Å². The highest BCUT2D eigenvalue weighted by molar-refractivity contribution is 5.90. The molecule has 0 spiro atoms. The first-order valence-corrected chi connectivity index (χ1v) is 9.01. The molecule has 26 heavy (non-hydrogen) atoms. The van der Waals surface area contributed by atoms with Crippen molar-refractivity contribution >= 4 is 11.7 Å². The third-order valence-electron chi connectivity index (χ3n) is 4.94. The minimum absolute atomic E-state index is 0.160. The van der Waals surface area contributed by atoms with Crippen LogP contribution in [0.4, 0.5) is 5.82 Å². The fourth-order valence-corrected chi connectivity index (χ4v) is 3.26. The van der Waals surface area contributed by atoms with Crippen molar-refractivity contribution in [2.75, 3.05) is 32.1 Å². The topological polar surface area (TPSA) is 66.3 Å². The fraction of sp³-hybridized carbons (Fsp3) is 0.526. The summed E-state index contributed by atoms with van der Waals surface area (Å²) in [6.07, 6.45) is 5.26. The molecular weight excluding hydrogens is 328 g/mol. The van der Waals surface area contributed by atoms with E-state index in [1.807, 2.05) is 20.9 Å². The lowest BCUT2D eigenvalue weighted by Gasteiger charge is -2.22. The smallest absolute Gasteiger partial charge is 0.291 e. The minimum atomic E-state index is -0.160. The Bertz CT molecular complexity index is 797. The second kappa shape index (κ2) is 7.45. The van der Waals surface area contributed by atoms with Gasteiger partial charge in [0.1, 0.15) is 5.82 Å². The van der Waals surface area contributed by atoms with E-state index in [1.165, 1.54) is 10.5 Å². The van der Waals surface area contributed by atoms with Crippen molar-refractivity contribution in [2.45, 2.75) is 32.9 Å². The zero-order valence-electron chi connectivity index (χ0n) is 16.3. The predicted octanol–water partition coefficient (Wildman–Crippen LogP) is 1.50. The van der Waals surface area contributed by atoms with Gasteiger partial charge in [-0.1, -0.05) is 0 Å². The molecule has 2 aromatic heterocycles. The van der Waals surface area contributed by atoms with Crippen molar-refractivity contribution in [3.63, 3.8) is 0 Å². The lowest BCUT2D eigenvalue weighted by atomic mass is 10.2. The molecule has 0 bridgehead atoms. The van der Waals surface area contributed by atoms with Crippen LogP contribution in [0.15, 0.2) is 18.5 Å². The van der Waals surface area contributed by atoms with Gasteiger partial charge in [0.2, 0.25) is 5.82 Å². The van der Waals surface area contributed by atoms with E-state index in [1.54, 1.807) is 14.1 Å². The summed E-state index contributed by atoms with van der Waals surface area (Å²) >= 11 is 0. The average molecular weight is 356 g/mol. The lowest BCUT2D eigenvalue weighted by molar-refractivity contribution is 0.0815. The van der Waals surface area contributed by atoms with E-state index in [2.05, 4.69) is 43.2 Å². The first-order chi connectivity index (χ1) is 12.3. The molecule has 0 aromatic carbocycles. The van der Waals surface area contributed by atoms with E-state index in [-0.39, 0.29) is 11.7 Å². The van der Waals surface area contributed by atoms with Gasteiger partial charge >= 0.3 is 0 Å². The van der Waals surface area contributed by atoms with Crippen molar-refractivity contribution in [2.24, 2.45) is 7.05 Å². The predicted molar refractivity (Wildman–Crippen MR) is 102 cm³/mol. The number of anilines is 1. The monoisotopic (exact) mass is 356 g/mol. The molecule has 1 fully saturated rings. The molecule has 140 valence electrons. The van der Waals surface area contributed by atoms with Crippen molar-refractivity contribution in [1.29, 1.82) is 0 Å². The highest BCUT2D eigenvalue weighted by Crippen LogP contribution is 2.24. The van der Waals surface area contributed by atoms with Crippen LogP contribution in [0.2, 0.25) is 0 Å². The number of carbonyl (C=O) groups excluding carboxylic acids is 1. The average Bonchev–Trinajstić information content (AvgIpc) is 3.23. The van der Waals surface area contributed by atoms with Crippen LogP contribution in [-0.4, -0.2) is 58.6 Å². The Morgan fingerprint density at radius 1 is 1.35 bits per heavy atom. The van der Waals surface area contributed by atoms with Crippen molar-refractivity contribution < 1.29 is 4.79 Å². The summed E-state index contributed by atoms with van der Waals surface area (Å²) in [5.41, 5.74) is 3.20. The maximum atomic E-state index is 12.3. The standard InChI is InChI=1S/C19H28N6O/c1-13-14(2)21-17(19(26)23(3)4)22-18(13)25-9-7-16(12-25)20-10-15-6-8-24(5)11-15/h6,8,11,16,20H,7,9-10,12H2,1-5H3/t16-/m1/s1. The van der Waals surface area contributed by atoms with Gasteiger partial charge in [-0.05, 0) is 31.9 Å². The second-order valence-corrected chi connectivity index (χ2v) is 7.28. The molecule has 1 saturated heterocycles. The van der Waals surface area contributed by atoms with Crippen LogP contribution in [0.25, 0.3) is 0 Å². The van der Waals surface area contributed by atoms with Crippen LogP contribution in [0.3, 0.4) is 0 Å². The fourth-order valence-electron chi connectivity index (χ4n) is 3.26.